The fourth-order valence-corrected chi connectivity index (χ4v) is 1.38. The van der Waals surface area contributed by atoms with E-state index in [-0.39, 0.29) is 5.75 Å². The average molecular weight is 243 g/mol. The van der Waals surface area contributed by atoms with Gasteiger partial charge in [0.05, 0.1) is 24.2 Å². The quantitative estimate of drug-likeness (QED) is 0.796. The minimum Gasteiger partial charge on any atom is -0.496 e. The van der Waals surface area contributed by atoms with Crippen molar-refractivity contribution >= 4 is 0 Å². The molecular formula is C12H12F3NO. The molecule has 5 heteroatoms. The molecule has 0 bridgehead atoms. The van der Waals surface area contributed by atoms with E-state index in [0.717, 1.165) is 6.07 Å². The minimum atomic E-state index is -4.46. The van der Waals surface area contributed by atoms with Crippen LogP contribution in [0.2, 0.25) is 0 Å². The second-order valence-corrected chi connectivity index (χ2v) is 4.15. The highest BCUT2D eigenvalue weighted by atomic mass is 19.4. The minimum absolute atomic E-state index is 0.265. The molecule has 1 aromatic rings. The average Bonchev–Trinajstić information content (AvgIpc) is 2.27. The fourth-order valence-electron chi connectivity index (χ4n) is 1.38. The maximum Gasteiger partial charge on any atom is 0.419 e. The summed E-state index contributed by atoms with van der Waals surface area (Å²) in [7, 11) is 1.17. The number of alkyl halides is 3. The van der Waals surface area contributed by atoms with Gasteiger partial charge in [0.1, 0.15) is 5.75 Å². The summed E-state index contributed by atoms with van der Waals surface area (Å²) in [6.07, 6.45) is -4.46. The first-order valence-corrected chi connectivity index (χ1v) is 4.89. The number of benzene rings is 1. The molecule has 0 atom stereocenters. The molecule has 0 saturated carbocycles. The molecule has 0 radical (unpaired) electrons. The Bertz CT molecular complexity index is 458. The second kappa shape index (κ2) is 4.28. The van der Waals surface area contributed by atoms with Gasteiger partial charge in [0, 0.05) is 0 Å². The van der Waals surface area contributed by atoms with Crippen LogP contribution in [0, 0.1) is 11.3 Å². The van der Waals surface area contributed by atoms with Crippen molar-refractivity contribution in [3.05, 3.63) is 29.3 Å². The van der Waals surface area contributed by atoms with E-state index in [1.807, 2.05) is 6.07 Å². The van der Waals surface area contributed by atoms with Gasteiger partial charge in [0.25, 0.3) is 0 Å². The number of halogens is 3. The molecule has 1 aromatic carbocycles. The predicted octanol–water partition coefficient (Wildman–Crippen LogP) is 3.52. The van der Waals surface area contributed by atoms with Crippen molar-refractivity contribution in [1.82, 2.24) is 0 Å². The van der Waals surface area contributed by atoms with Crippen molar-refractivity contribution in [1.29, 1.82) is 5.26 Å². The van der Waals surface area contributed by atoms with Crippen molar-refractivity contribution in [3.63, 3.8) is 0 Å². The van der Waals surface area contributed by atoms with Crippen LogP contribution in [0.5, 0.6) is 5.75 Å². The van der Waals surface area contributed by atoms with Crippen molar-refractivity contribution in [2.24, 2.45) is 0 Å². The molecule has 0 aromatic heterocycles. The van der Waals surface area contributed by atoms with Crippen molar-refractivity contribution in [2.45, 2.75) is 25.4 Å². The maximum absolute atomic E-state index is 12.6. The zero-order valence-corrected chi connectivity index (χ0v) is 9.72. The van der Waals surface area contributed by atoms with Gasteiger partial charge in [0.2, 0.25) is 0 Å². The molecule has 0 aliphatic rings. The summed E-state index contributed by atoms with van der Waals surface area (Å²) in [6, 6.07) is 5.52. The number of ether oxygens (including phenoxy) is 1. The zero-order valence-electron chi connectivity index (χ0n) is 9.72. The van der Waals surface area contributed by atoms with Crippen molar-refractivity contribution in [3.8, 4) is 11.8 Å². The third kappa shape index (κ3) is 2.70. The Kier molecular flexibility index (Phi) is 3.37. The number of nitriles is 1. The van der Waals surface area contributed by atoms with Crippen LogP contribution >= 0.6 is 0 Å². The molecule has 0 amide bonds. The topological polar surface area (TPSA) is 33.0 Å². The molecule has 0 saturated heterocycles. The van der Waals surface area contributed by atoms with Crippen molar-refractivity contribution in [2.75, 3.05) is 7.11 Å². The first-order chi connectivity index (χ1) is 7.72. The molecule has 0 aliphatic heterocycles. The Morgan fingerprint density at radius 2 is 1.82 bits per heavy atom. The lowest BCUT2D eigenvalue weighted by Crippen LogP contribution is -2.15. The third-order valence-electron chi connectivity index (χ3n) is 2.51. The van der Waals surface area contributed by atoms with Gasteiger partial charge in [0.15, 0.2) is 0 Å². The summed E-state index contributed by atoms with van der Waals surface area (Å²) in [6.45, 7) is 3.27. The Balaban J connectivity index is 3.34. The summed E-state index contributed by atoms with van der Waals surface area (Å²) in [5, 5.41) is 8.93. The van der Waals surface area contributed by atoms with Crippen molar-refractivity contribution < 1.29 is 17.9 Å². The van der Waals surface area contributed by atoms with E-state index in [1.165, 1.54) is 19.2 Å². The number of hydrogen-bond acceptors (Lipinski definition) is 2. The van der Waals surface area contributed by atoms with Gasteiger partial charge in [-0.05, 0) is 31.5 Å². The van der Waals surface area contributed by atoms with E-state index < -0.39 is 17.2 Å². The standard InChI is InChI=1S/C12H12F3NO/c1-11(2,7-16)8-4-5-9(12(13,14)15)10(6-8)17-3/h4-6H,1-3H3. The van der Waals surface area contributed by atoms with Crippen LogP contribution in [0.4, 0.5) is 13.2 Å². The molecule has 2 nitrogen and oxygen atoms in total. The van der Waals surface area contributed by atoms with E-state index in [2.05, 4.69) is 0 Å². The lowest BCUT2D eigenvalue weighted by atomic mass is 9.85. The van der Waals surface area contributed by atoms with E-state index in [9.17, 15) is 13.2 Å². The molecular weight excluding hydrogens is 231 g/mol. The van der Waals surface area contributed by atoms with Crippen LogP contribution < -0.4 is 4.74 Å². The summed E-state index contributed by atoms with van der Waals surface area (Å²) >= 11 is 0. The molecule has 0 unspecified atom stereocenters. The monoisotopic (exact) mass is 243 g/mol. The van der Waals surface area contributed by atoms with Gasteiger partial charge in [-0.15, -0.1) is 0 Å². The summed E-state index contributed by atoms with van der Waals surface area (Å²) in [5.41, 5.74) is -1.19. The Hall–Kier alpha value is -1.70. The highest BCUT2D eigenvalue weighted by Crippen LogP contribution is 2.38. The summed E-state index contributed by atoms with van der Waals surface area (Å²) < 4.78 is 42.5. The molecule has 1 rings (SSSR count). The molecule has 0 aliphatic carbocycles. The molecule has 0 spiro atoms. The van der Waals surface area contributed by atoms with Crippen LogP contribution in [-0.4, -0.2) is 7.11 Å². The summed E-state index contributed by atoms with van der Waals surface area (Å²) in [5.74, 6) is -0.265. The smallest absolute Gasteiger partial charge is 0.419 e. The molecule has 0 heterocycles. The Morgan fingerprint density at radius 1 is 1.24 bits per heavy atom. The van der Waals surface area contributed by atoms with Crippen LogP contribution in [0.25, 0.3) is 0 Å². The highest BCUT2D eigenvalue weighted by molar-refractivity contribution is 5.43. The molecule has 17 heavy (non-hydrogen) atoms. The number of methoxy groups -OCH3 is 1. The number of nitrogens with zero attached hydrogens (tertiary/aromatic N) is 1. The van der Waals surface area contributed by atoms with Crippen LogP contribution in [0.1, 0.15) is 25.0 Å². The Morgan fingerprint density at radius 3 is 2.24 bits per heavy atom. The molecule has 0 N–H and O–H groups in total. The number of rotatable bonds is 2. The van der Waals surface area contributed by atoms with Gasteiger partial charge < -0.3 is 4.74 Å². The summed E-state index contributed by atoms with van der Waals surface area (Å²) in [4.78, 5) is 0. The predicted molar refractivity (Wildman–Crippen MR) is 56.6 cm³/mol. The van der Waals surface area contributed by atoms with E-state index >= 15 is 0 Å². The van der Waals surface area contributed by atoms with E-state index in [4.69, 9.17) is 10.00 Å². The SMILES string of the molecule is COc1cc(C(C)(C)C#N)ccc1C(F)(F)F. The van der Waals surface area contributed by atoms with Crippen LogP contribution in [0.3, 0.4) is 0 Å². The van der Waals surface area contributed by atoms with Gasteiger partial charge in [-0.3, -0.25) is 0 Å². The second-order valence-electron chi connectivity index (χ2n) is 4.15. The number of hydrogen-bond donors (Lipinski definition) is 0. The van der Waals surface area contributed by atoms with E-state index in [0.29, 0.717) is 5.56 Å². The van der Waals surface area contributed by atoms with Gasteiger partial charge >= 0.3 is 6.18 Å². The van der Waals surface area contributed by atoms with E-state index in [1.54, 1.807) is 13.8 Å². The first kappa shape index (κ1) is 13.4. The largest absolute Gasteiger partial charge is 0.496 e. The zero-order chi connectivity index (χ0) is 13.3. The normalized spacial score (nSPS) is 12.1. The van der Waals surface area contributed by atoms with Gasteiger partial charge in [-0.1, -0.05) is 6.07 Å². The van der Waals surface area contributed by atoms with Crippen LogP contribution in [-0.2, 0) is 11.6 Å². The highest BCUT2D eigenvalue weighted by Gasteiger charge is 2.35. The molecule has 92 valence electrons. The third-order valence-corrected chi connectivity index (χ3v) is 2.51. The molecule has 0 fully saturated rings. The first-order valence-electron chi connectivity index (χ1n) is 4.89. The van der Waals surface area contributed by atoms with Crippen LogP contribution in [0.15, 0.2) is 18.2 Å². The van der Waals surface area contributed by atoms with Gasteiger partial charge in [-0.2, -0.15) is 18.4 Å². The van der Waals surface area contributed by atoms with Gasteiger partial charge in [-0.25, -0.2) is 0 Å². The maximum atomic E-state index is 12.6. The Labute approximate surface area is 97.6 Å². The lowest BCUT2D eigenvalue weighted by molar-refractivity contribution is -0.138. The fraction of sp³-hybridized carbons (Fsp3) is 0.417. The lowest BCUT2D eigenvalue weighted by Gasteiger charge is -2.19.